The van der Waals surface area contributed by atoms with Crippen LogP contribution in [-0.4, -0.2) is 5.91 Å². The first kappa shape index (κ1) is 11.7. The van der Waals surface area contributed by atoms with Crippen LogP contribution in [0.15, 0.2) is 12.1 Å². The number of hydrogen-bond acceptors (Lipinski definition) is 2. The van der Waals surface area contributed by atoms with Crippen molar-refractivity contribution >= 4 is 29.1 Å². The Morgan fingerprint density at radius 3 is 2.56 bits per heavy atom. The fourth-order valence-corrected chi connectivity index (χ4v) is 2.48. The van der Waals surface area contributed by atoms with Crippen molar-refractivity contribution in [3.8, 4) is 0 Å². The van der Waals surface area contributed by atoms with Gasteiger partial charge >= 0.3 is 0 Å². The molecule has 3 nitrogen and oxygen atoms in total. The number of amides is 1. The van der Waals surface area contributed by atoms with Crippen molar-refractivity contribution in [2.75, 3.05) is 0 Å². The maximum absolute atomic E-state index is 11.2. The number of rotatable bonds is 1. The molecule has 0 fully saturated rings. The molecule has 0 saturated heterocycles. The van der Waals surface area contributed by atoms with E-state index in [1.807, 2.05) is 0 Å². The molecule has 0 spiro atoms. The van der Waals surface area contributed by atoms with Crippen LogP contribution in [0.25, 0.3) is 0 Å². The lowest BCUT2D eigenvalue weighted by atomic mass is 9.81. The number of carbonyl (C=O) groups excluding carboxylic acids is 1. The van der Waals surface area contributed by atoms with Gasteiger partial charge in [-0.1, -0.05) is 23.2 Å². The van der Waals surface area contributed by atoms with Crippen LogP contribution in [0.5, 0.6) is 0 Å². The Kier molecular flexibility index (Phi) is 3.10. The molecule has 1 aromatic carbocycles. The number of fused-ring (bicyclic) bond motifs is 1. The van der Waals surface area contributed by atoms with Crippen molar-refractivity contribution in [2.24, 2.45) is 17.4 Å². The maximum atomic E-state index is 11.2. The van der Waals surface area contributed by atoms with E-state index >= 15 is 0 Å². The Bertz CT molecular complexity index is 448. The summed E-state index contributed by atoms with van der Waals surface area (Å²) in [6, 6.07) is 3.35. The predicted octanol–water partition coefficient (Wildman–Crippen LogP) is 2.04. The summed E-state index contributed by atoms with van der Waals surface area (Å²) in [7, 11) is 0. The van der Waals surface area contributed by atoms with E-state index in [0.29, 0.717) is 22.9 Å². The second kappa shape index (κ2) is 4.24. The van der Waals surface area contributed by atoms with E-state index in [0.717, 1.165) is 11.1 Å². The van der Waals surface area contributed by atoms with Crippen molar-refractivity contribution in [3.05, 3.63) is 33.3 Å². The number of hydrogen-bond donors (Lipinski definition) is 2. The number of nitrogens with two attached hydrogens (primary N) is 2. The van der Waals surface area contributed by atoms with Gasteiger partial charge in [0.15, 0.2) is 0 Å². The summed E-state index contributed by atoms with van der Waals surface area (Å²) in [5.74, 6) is -0.521. The van der Waals surface area contributed by atoms with Crippen molar-refractivity contribution in [1.29, 1.82) is 0 Å². The second-order valence-corrected chi connectivity index (χ2v) is 4.93. The Morgan fingerprint density at radius 2 is 1.94 bits per heavy atom. The molecule has 16 heavy (non-hydrogen) atoms. The summed E-state index contributed by atoms with van der Waals surface area (Å²) in [5, 5.41) is 0.978. The Morgan fingerprint density at radius 1 is 1.31 bits per heavy atom. The van der Waals surface area contributed by atoms with Crippen LogP contribution in [-0.2, 0) is 11.2 Å². The maximum Gasteiger partial charge on any atom is 0.220 e. The van der Waals surface area contributed by atoms with Gasteiger partial charge in [-0.15, -0.1) is 0 Å². The van der Waals surface area contributed by atoms with Crippen LogP contribution in [0, 0.1) is 5.92 Å². The molecule has 5 heteroatoms. The fraction of sp³-hybridized carbons (Fsp3) is 0.364. The fourth-order valence-electron chi connectivity index (χ4n) is 2.12. The lowest BCUT2D eigenvalue weighted by Crippen LogP contribution is -2.33. The molecule has 2 atom stereocenters. The molecule has 86 valence electrons. The highest BCUT2D eigenvalue weighted by molar-refractivity contribution is 6.42. The molecule has 0 radical (unpaired) electrons. The lowest BCUT2D eigenvalue weighted by molar-refractivity contribution is -0.122. The molecular formula is C11H12Cl2N2O. The predicted molar refractivity (Wildman–Crippen MR) is 64.4 cm³/mol. The largest absolute Gasteiger partial charge is 0.369 e. The van der Waals surface area contributed by atoms with Crippen LogP contribution in [0.3, 0.4) is 0 Å². The van der Waals surface area contributed by atoms with E-state index in [1.54, 1.807) is 12.1 Å². The van der Waals surface area contributed by atoms with Gasteiger partial charge in [-0.25, -0.2) is 0 Å². The van der Waals surface area contributed by atoms with E-state index in [1.165, 1.54) is 0 Å². The van der Waals surface area contributed by atoms with E-state index in [-0.39, 0.29) is 17.9 Å². The highest BCUT2D eigenvalue weighted by Gasteiger charge is 2.28. The van der Waals surface area contributed by atoms with Crippen molar-refractivity contribution in [3.63, 3.8) is 0 Å². The first-order chi connectivity index (χ1) is 7.49. The normalized spacial score (nSPS) is 23.9. The average molecular weight is 259 g/mol. The van der Waals surface area contributed by atoms with Crippen molar-refractivity contribution < 1.29 is 4.79 Å². The van der Waals surface area contributed by atoms with Gasteiger partial charge in [0.2, 0.25) is 5.91 Å². The standard InChI is InChI=1S/C11H12Cl2N2O/c12-8-2-5-1-6(11(15)16)3-10(14)7(5)4-9(8)13/h2,4,6,10H,1,3,14H2,(H2,15,16). The SMILES string of the molecule is NC(=O)C1Cc2cc(Cl)c(Cl)cc2C(N)C1. The molecular weight excluding hydrogens is 247 g/mol. The summed E-state index contributed by atoms with van der Waals surface area (Å²) in [6.45, 7) is 0. The lowest BCUT2D eigenvalue weighted by Gasteiger charge is -2.28. The van der Waals surface area contributed by atoms with Crippen molar-refractivity contribution in [2.45, 2.75) is 18.9 Å². The molecule has 0 aromatic heterocycles. The molecule has 2 unspecified atom stereocenters. The van der Waals surface area contributed by atoms with Crippen LogP contribution < -0.4 is 11.5 Å². The molecule has 1 aliphatic carbocycles. The molecule has 0 bridgehead atoms. The number of halogens is 2. The number of primary amides is 1. The van der Waals surface area contributed by atoms with Crippen LogP contribution >= 0.6 is 23.2 Å². The molecule has 0 aliphatic heterocycles. The second-order valence-electron chi connectivity index (χ2n) is 4.11. The summed E-state index contributed by atoms with van der Waals surface area (Å²) in [6.07, 6.45) is 1.16. The van der Waals surface area contributed by atoms with Gasteiger partial charge in [-0.3, -0.25) is 4.79 Å². The van der Waals surface area contributed by atoms with Crippen LogP contribution in [0.1, 0.15) is 23.6 Å². The zero-order valence-electron chi connectivity index (χ0n) is 8.54. The van der Waals surface area contributed by atoms with Crippen LogP contribution in [0.4, 0.5) is 0 Å². The third-order valence-corrected chi connectivity index (χ3v) is 3.71. The van der Waals surface area contributed by atoms with E-state index in [9.17, 15) is 4.79 Å². The monoisotopic (exact) mass is 258 g/mol. The molecule has 2 rings (SSSR count). The van der Waals surface area contributed by atoms with Gasteiger partial charge in [0.05, 0.1) is 10.0 Å². The first-order valence-corrected chi connectivity index (χ1v) is 5.77. The van der Waals surface area contributed by atoms with E-state index < -0.39 is 0 Å². The van der Waals surface area contributed by atoms with Gasteiger partial charge in [0, 0.05) is 12.0 Å². The van der Waals surface area contributed by atoms with E-state index in [2.05, 4.69) is 0 Å². The zero-order chi connectivity index (χ0) is 11.9. The van der Waals surface area contributed by atoms with Gasteiger partial charge < -0.3 is 11.5 Å². The smallest absolute Gasteiger partial charge is 0.220 e. The highest BCUT2D eigenvalue weighted by Crippen LogP contribution is 2.36. The summed E-state index contributed by atoms with van der Waals surface area (Å²) >= 11 is 11.9. The number of carbonyl (C=O) groups is 1. The van der Waals surface area contributed by atoms with E-state index in [4.69, 9.17) is 34.7 Å². The molecule has 1 aromatic rings. The summed E-state index contributed by atoms with van der Waals surface area (Å²) in [4.78, 5) is 11.2. The van der Waals surface area contributed by atoms with Gasteiger partial charge in [-0.2, -0.15) is 0 Å². The zero-order valence-corrected chi connectivity index (χ0v) is 10.1. The quantitative estimate of drug-likeness (QED) is 0.810. The molecule has 0 heterocycles. The van der Waals surface area contributed by atoms with Crippen LogP contribution in [0.2, 0.25) is 10.0 Å². The van der Waals surface area contributed by atoms with Gasteiger partial charge in [0.25, 0.3) is 0 Å². The van der Waals surface area contributed by atoms with Gasteiger partial charge in [-0.05, 0) is 36.1 Å². The Labute approximate surface area is 104 Å². The third kappa shape index (κ3) is 2.03. The Hall–Kier alpha value is -0.770. The highest BCUT2D eigenvalue weighted by atomic mass is 35.5. The third-order valence-electron chi connectivity index (χ3n) is 2.99. The first-order valence-electron chi connectivity index (χ1n) is 5.01. The average Bonchev–Trinajstić information content (AvgIpc) is 2.20. The van der Waals surface area contributed by atoms with Crippen molar-refractivity contribution in [1.82, 2.24) is 0 Å². The molecule has 1 aliphatic rings. The molecule has 1 amide bonds. The molecule has 0 saturated carbocycles. The topological polar surface area (TPSA) is 69.1 Å². The summed E-state index contributed by atoms with van der Waals surface area (Å²) in [5.41, 5.74) is 13.2. The minimum atomic E-state index is -0.313. The molecule has 4 N–H and O–H groups in total. The summed E-state index contributed by atoms with van der Waals surface area (Å²) < 4.78 is 0. The number of benzene rings is 1. The minimum Gasteiger partial charge on any atom is -0.369 e. The van der Waals surface area contributed by atoms with Gasteiger partial charge in [0.1, 0.15) is 0 Å². The minimum absolute atomic E-state index is 0.198. The Balaban J connectivity index is 2.42.